The van der Waals surface area contributed by atoms with Crippen molar-refractivity contribution in [2.24, 2.45) is 5.41 Å². The Morgan fingerprint density at radius 2 is 2.17 bits per heavy atom. The van der Waals surface area contributed by atoms with Gasteiger partial charge in [-0.3, -0.25) is 0 Å². The van der Waals surface area contributed by atoms with Crippen LogP contribution in [0.25, 0.3) is 11.2 Å². The molecule has 0 radical (unpaired) electrons. The highest BCUT2D eigenvalue weighted by Gasteiger charge is 2.49. The molecular weight excluding hydrogens is 246 g/mol. The van der Waals surface area contributed by atoms with Crippen LogP contribution < -0.4 is 0 Å². The Morgan fingerprint density at radius 3 is 2.72 bits per heavy atom. The number of imidazole rings is 1. The summed E-state index contributed by atoms with van der Waals surface area (Å²) in [5.41, 5.74) is 3.46. The average Bonchev–Trinajstić information content (AvgIpc) is 2.73. The highest BCUT2D eigenvalue weighted by atomic mass is 35.5. The van der Waals surface area contributed by atoms with Crippen LogP contribution in [0.1, 0.15) is 50.0 Å². The Morgan fingerprint density at radius 1 is 1.50 bits per heavy atom. The molecule has 0 saturated heterocycles. The van der Waals surface area contributed by atoms with E-state index in [1.165, 1.54) is 6.42 Å². The molecule has 1 saturated carbocycles. The predicted molar refractivity (Wildman–Crippen MR) is 74.0 cm³/mol. The van der Waals surface area contributed by atoms with Crippen molar-refractivity contribution in [3.05, 3.63) is 23.7 Å². The van der Waals surface area contributed by atoms with Crippen LogP contribution in [-0.2, 0) is 0 Å². The summed E-state index contributed by atoms with van der Waals surface area (Å²) < 4.78 is 2.25. The third-order valence-electron chi connectivity index (χ3n) is 3.94. The molecule has 2 aromatic heterocycles. The zero-order valence-electron chi connectivity index (χ0n) is 11.2. The van der Waals surface area contributed by atoms with Gasteiger partial charge in [-0.05, 0) is 37.3 Å². The van der Waals surface area contributed by atoms with E-state index in [0.29, 0.717) is 11.5 Å². The summed E-state index contributed by atoms with van der Waals surface area (Å²) in [5.74, 6) is 0.948. The molecule has 0 spiro atoms. The highest BCUT2D eigenvalue weighted by molar-refractivity contribution is 6.20. The molecule has 96 valence electrons. The van der Waals surface area contributed by atoms with Gasteiger partial charge in [-0.25, -0.2) is 9.97 Å². The van der Waals surface area contributed by atoms with E-state index in [1.807, 2.05) is 19.2 Å². The molecule has 2 atom stereocenters. The lowest BCUT2D eigenvalue weighted by Gasteiger charge is -2.11. The predicted octanol–water partition coefficient (Wildman–Crippen LogP) is 4.01. The van der Waals surface area contributed by atoms with Crippen LogP contribution in [0.3, 0.4) is 0 Å². The van der Waals surface area contributed by atoms with Crippen molar-refractivity contribution in [3.8, 4) is 0 Å². The highest BCUT2D eigenvalue weighted by Crippen LogP contribution is 2.57. The molecule has 1 fully saturated rings. The number of aryl methyl sites for hydroxylation is 1. The minimum atomic E-state index is -0.0880. The monoisotopic (exact) mass is 263 g/mol. The number of alkyl halides is 1. The molecule has 3 rings (SSSR count). The Hall–Kier alpha value is -1.09. The summed E-state index contributed by atoms with van der Waals surface area (Å²) in [6.45, 7) is 8.61. The fourth-order valence-electron chi connectivity index (χ4n) is 2.60. The second-order valence-corrected chi connectivity index (χ2v) is 6.62. The fourth-order valence-corrected chi connectivity index (χ4v) is 2.75. The van der Waals surface area contributed by atoms with E-state index in [1.54, 1.807) is 0 Å². The number of rotatable bonds is 2. The third-order valence-corrected chi connectivity index (χ3v) is 4.13. The summed E-state index contributed by atoms with van der Waals surface area (Å²) in [5, 5.41) is -0.0880. The molecule has 0 N–H and O–H groups in total. The average molecular weight is 264 g/mol. The van der Waals surface area contributed by atoms with Crippen molar-refractivity contribution in [1.29, 1.82) is 0 Å². The lowest BCUT2D eigenvalue weighted by Crippen LogP contribution is -2.06. The summed E-state index contributed by atoms with van der Waals surface area (Å²) in [6, 6.07) is 2.48. The van der Waals surface area contributed by atoms with Crippen LogP contribution in [0.5, 0.6) is 0 Å². The maximum Gasteiger partial charge on any atom is 0.160 e. The molecular formula is C14H18ClN3. The molecule has 3 nitrogen and oxygen atoms in total. The Labute approximate surface area is 112 Å². The first-order valence-corrected chi connectivity index (χ1v) is 6.83. The Balaban J connectivity index is 2.27. The molecule has 2 heterocycles. The van der Waals surface area contributed by atoms with Gasteiger partial charge in [0.25, 0.3) is 0 Å². The molecule has 0 aromatic carbocycles. The van der Waals surface area contributed by atoms with E-state index in [4.69, 9.17) is 16.6 Å². The molecule has 1 aliphatic rings. The maximum absolute atomic E-state index is 6.29. The minimum Gasteiger partial charge on any atom is -0.308 e. The van der Waals surface area contributed by atoms with Crippen molar-refractivity contribution in [1.82, 2.24) is 14.5 Å². The Bertz CT molecular complexity index is 613. The number of fused-ring (bicyclic) bond motifs is 1. The van der Waals surface area contributed by atoms with Gasteiger partial charge in [0.2, 0.25) is 0 Å². The van der Waals surface area contributed by atoms with E-state index in [-0.39, 0.29) is 5.38 Å². The van der Waals surface area contributed by atoms with E-state index >= 15 is 0 Å². The topological polar surface area (TPSA) is 30.7 Å². The van der Waals surface area contributed by atoms with Gasteiger partial charge in [0.05, 0.1) is 5.38 Å². The first-order valence-electron chi connectivity index (χ1n) is 6.39. The molecule has 2 unspecified atom stereocenters. The molecule has 0 bridgehead atoms. The smallest absolute Gasteiger partial charge is 0.160 e. The number of hydrogen-bond acceptors (Lipinski definition) is 2. The number of nitrogens with zero attached hydrogens (tertiary/aromatic N) is 3. The lowest BCUT2D eigenvalue weighted by atomic mass is 10.2. The van der Waals surface area contributed by atoms with Crippen LogP contribution in [-0.4, -0.2) is 14.5 Å². The number of halogens is 1. The molecule has 4 heteroatoms. The van der Waals surface area contributed by atoms with Crippen molar-refractivity contribution in [2.45, 2.75) is 45.5 Å². The van der Waals surface area contributed by atoms with E-state index in [9.17, 15) is 0 Å². The largest absolute Gasteiger partial charge is 0.308 e. The maximum atomic E-state index is 6.29. The fraction of sp³-hybridized carbons (Fsp3) is 0.571. The molecule has 1 aliphatic carbocycles. The summed E-state index contributed by atoms with van der Waals surface area (Å²) >= 11 is 6.29. The second kappa shape index (κ2) is 3.70. The van der Waals surface area contributed by atoms with Gasteiger partial charge in [-0.15, -0.1) is 11.6 Å². The zero-order chi connectivity index (χ0) is 13.1. The van der Waals surface area contributed by atoms with Crippen LogP contribution >= 0.6 is 11.6 Å². The van der Waals surface area contributed by atoms with Crippen LogP contribution in [0, 0.1) is 12.3 Å². The van der Waals surface area contributed by atoms with Crippen molar-refractivity contribution < 1.29 is 0 Å². The van der Waals surface area contributed by atoms with Crippen LogP contribution in [0.2, 0.25) is 0 Å². The van der Waals surface area contributed by atoms with E-state index in [0.717, 1.165) is 22.6 Å². The quantitative estimate of drug-likeness (QED) is 0.767. The van der Waals surface area contributed by atoms with Crippen LogP contribution in [0.15, 0.2) is 12.3 Å². The first-order chi connectivity index (χ1) is 8.42. The number of pyridine rings is 1. The van der Waals surface area contributed by atoms with Crippen molar-refractivity contribution >= 4 is 22.8 Å². The normalized spacial score (nSPS) is 23.3. The Kier molecular flexibility index (Phi) is 2.46. The first kappa shape index (κ1) is 12.0. The van der Waals surface area contributed by atoms with Crippen molar-refractivity contribution in [3.63, 3.8) is 0 Å². The van der Waals surface area contributed by atoms with Gasteiger partial charge in [-0.2, -0.15) is 0 Å². The van der Waals surface area contributed by atoms with Gasteiger partial charge in [0, 0.05) is 12.2 Å². The third kappa shape index (κ3) is 1.64. The summed E-state index contributed by atoms with van der Waals surface area (Å²) in [6.07, 6.45) is 3.03. The second-order valence-electron chi connectivity index (χ2n) is 5.96. The lowest BCUT2D eigenvalue weighted by molar-refractivity contribution is 0.533. The number of hydrogen-bond donors (Lipinski definition) is 0. The summed E-state index contributed by atoms with van der Waals surface area (Å²) in [7, 11) is 0. The van der Waals surface area contributed by atoms with Gasteiger partial charge in [-0.1, -0.05) is 13.8 Å². The SMILES string of the molecule is Cc1ccnc2c1nc(C(C)Cl)n2C1CC1(C)C. The van der Waals surface area contributed by atoms with Gasteiger partial charge in [0.15, 0.2) is 5.65 Å². The molecule has 18 heavy (non-hydrogen) atoms. The van der Waals surface area contributed by atoms with Gasteiger partial charge in [0.1, 0.15) is 11.3 Å². The molecule has 0 aliphatic heterocycles. The number of aromatic nitrogens is 3. The van der Waals surface area contributed by atoms with Crippen LogP contribution in [0.4, 0.5) is 0 Å². The van der Waals surface area contributed by atoms with E-state index < -0.39 is 0 Å². The molecule has 0 amide bonds. The van der Waals surface area contributed by atoms with Gasteiger partial charge >= 0.3 is 0 Å². The van der Waals surface area contributed by atoms with Gasteiger partial charge < -0.3 is 4.57 Å². The standard InChI is InChI=1S/C14H18ClN3/c1-8-5-6-16-13-11(8)17-12(9(2)15)18(13)10-7-14(10,3)4/h5-6,9-10H,7H2,1-4H3. The molecule has 2 aromatic rings. The van der Waals surface area contributed by atoms with E-state index in [2.05, 4.69) is 30.3 Å². The summed E-state index contributed by atoms with van der Waals surface area (Å²) in [4.78, 5) is 9.22. The minimum absolute atomic E-state index is 0.0880. The van der Waals surface area contributed by atoms with Crippen molar-refractivity contribution in [2.75, 3.05) is 0 Å². The zero-order valence-corrected chi connectivity index (χ0v) is 12.0.